The second kappa shape index (κ2) is 6.51. The first kappa shape index (κ1) is 16.9. The molecule has 0 radical (unpaired) electrons. The number of rotatable bonds is 2. The summed E-state index contributed by atoms with van der Waals surface area (Å²) in [5.74, 6) is 1.93. The number of phenolic OH excluding ortho intramolecular Hbond substituents is 2. The second-order valence-electron chi connectivity index (χ2n) is 8.17. The van der Waals surface area contributed by atoms with E-state index in [0.717, 1.165) is 5.56 Å². The highest BCUT2D eigenvalue weighted by Crippen LogP contribution is 2.42. The molecule has 0 unspecified atom stereocenters. The maximum Gasteiger partial charge on any atom is 0.119 e. The molecule has 0 amide bonds. The first-order chi connectivity index (χ1) is 11.3. The van der Waals surface area contributed by atoms with Crippen molar-refractivity contribution >= 4 is 0 Å². The van der Waals surface area contributed by atoms with Crippen LogP contribution in [0.5, 0.6) is 11.5 Å². The second-order valence-corrected chi connectivity index (χ2v) is 8.17. The third-order valence-electron chi connectivity index (χ3n) is 5.39. The highest BCUT2D eigenvalue weighted by Gasteiger charge is 2.25. The molecule has 24 heavy (non-hydrogen) atoms. The predicted molar refractivity (Wildman–Crippen MR) is 98.9 cm³/mol. The zero-order valence-electron chi connectivity index (χ0n) is 14.9. The molecule has 2 nitrogen and oxygen atoms in total. The van der Waals surface area contributed by atoms with Crippen LogP contribution in [0.4, 0.5) is 0 Å². The van der Waals surface area contributed by atoms with Gasteiger partial charge in [-0.1, -0.05) is 45.0 Å². The number of benzene rings is 2. The topological polar surface area (TPSA) is 40.5 Å². The van der Waals surface area contributed by atoms with Gasteiger partial charge in [-0.3, -0.25) is 0 Å². The van der Waals surface area contributed by atoms with Gasteiger partial charge in [0.2, 0.25) is 0 Å². The van der Waals surface area contributed by atoms with E-state index in [-0.39, 0.29) is 5.41 Å². The van der Waals surface area contributed by atoms with Gasteiger partial charge in [0, 0.05) is 0 Å². The van der Waals surface area contributed by atoms with Crippen LogP contribution in [-0.4, -0.2) is 10.2 Å². The van der Waals surface area contributed by atoms with Gasteiger partial charge in [0.1, 0.15) is 11.5 Å². The molecule has 0 aromatic heterocycles. The molecule has 128 valence electrons. The molecule has 3 rings (SSSR count). The summed E-state index contributed by atoms with van der Waals surface area (Å²) in [5.41, 5.74) is 3.71. The van der Waals surface area contributed by atoms with Crippen LogP contribution < -0.4 is 0 Å². The van der Waals surface area contributed by atoms with Gasteiger partial charge >= 0.3 is 0 Å². The van der Waals surface area contributed by atoms with E-state index >= 15 is 0 Å². The molecule has 0 atom stereocenters. The maximum absolute atomic E-state index is 10.2. The first-order valence-electron chi connectivity index (χ1n) is 8.97. The van der Waals surface area contributed by atoms with Crippen LogP contribution >= 0.6 is 0 Å². The summed E-state index contributed by atoms with van der Waals surface area (Å²) in [4.78, 5) is 0. The third-order valence-corrected chi connectivity index (χ3v) is 5.39. The van der Waals surface area contributed by atoms with E-state index in [0.29, 0.717) is 23.3 Å². The zero-order chi connectivity index (χ0) is 17.3. The fraction of sp³-hybridized carbons (Fsp3) is 0.455. The van der Waals surface area contributed by atoms with Gasteiger partial charge < -0.3 is 10.2 Å². The van der Waals surface area contributed by atoms with Gasteiger partial charge in [0.15, 0.2) is 0 Å². The Labute approximate surface area is 145 Å². The van der Waals surface area contributed by atoms with Crippen LogP contribution in [0, 0.1) is 0 Å². The molecule has 1 aliphatic carbocycles. The van der Waals surface area contributed by atoms with E-state index in [1.807, 2.05) is 6.07 Å². The monoisotopic (exact) mass is 324 g/mol. The molecular formula is C22H28O2. The lowest BCUT2D eigenvalue weighted by molar-refractivity contribution is 0.394. The summed E-state index contributed by atoms with van der Waals surface area (Å²) in [7, 11) is 0. The van der Waals surface area contributed by atoms with E-state index in [1.54, 1.807) is 12.1 Å². The molecule has 2 aromatic rings. The van der Waals surface area contributed by atoms with Crippen molar-refractivity contribution in [1.29, 1.82) is 0 Å². The van der Waals surface area contributed by atoms with Gasteiger partial charge in [-0.25, -0.2) is 0 Å². The number of phenols is 2. The molecule has 0 heterocycles. The summed E-state index contributed by atoms with van der Waals surface area (Å²) in [6.07, 6.45) is 4.72. The van der Waals surface area contributed by atoms with Gasteiger partial charge in [-0.15, -0.1) is 0 Å². The van der Waals surface area contributed by atoms with Crippen molar-refractivity contribution in [2.75, 3.05) is 0 Å². The van der Waals surface area contributed by atoms with Crippen molar-refractivity contribution in [2.24, 2.45) is 0 Å². The Kier molecular flexibility index (Phi) is 4.58. The van der Waals surface area contributed by atoms with Crippen LogP contribution in [0.15, 0.2) is 42.5 Å². The molecule has 1 aliphatic rings. The molecular weight excluding hydrogens is 296 g/mol. The van der Waals surface area contributed by atoms with E-state index in [4.69, 9.17) is 0 Å². The summed E-state index contributed by atoms with van der Waals surface area (Å²) in [5, 5.41) is 19.6. The number of hydrogen-bond acceptors (Lipinski definition) is 2. The minimum absolute atomic E-state index is 0.0384. The SMILES string of the molecule is CC(C)(C)c1cc([C@H]2CC[C@@H](c3ccc(O)cc3)CC2)ccc1O. The molecule has 2 heteroatoms. The van der Waals surface area contributed by atoms with E-state index in [1.165, 1.54) is 36.8 Å². The van der Waals surface area contributed by atoms with E-state index in [2.05, 4.69) is 45.0 Å². The lowest BCUT2D eigenvalue weighted by atomic mass is 9.75. The van der Waals surface area contributed by atoms with Gasteiger partial charge in [-0.05, 0) is 77.8 Å². The third kappa shape index (κ3) is 3.58. The van der Waals surface area contributed by atoms with Crippen molar-refractivity contribution in [2.45, 2.75) is 63.7 Å². The summed E-state index contributed by atoms with van der Waals surface area (Å²) in [6.45, 7) is 6.44. The lowest BCUT2D eigenvalue weighted by Gasteiger charge is -2.30. The van der Waals surface area contributed by atoms with Crippen LogP contribution in [0.1, 0.15) is 75.0 Å². The van der Waals surface area contributed by atoms with E-state index < -0.39 is 0 Å². The average molecular weight is 324 g/mol. The van der Waals surface area contributed by atoms with Crippen molar-refractivity contribution < 1.29 is 10.2 Å². The molecule has 1 fully saturated rings. The molecule has 0 spiro atoms. The van der Waals surface area contributed by atoms with Crippen LogP contribution in [0.3, 0.4) is 0 Å². The molecule has 0 saturated heterocycles. The predicted octanol–water partition coefficient (Wildman–Crippen LogP) is 5.84. The summed E-state index contributed by atoms with van der Waals surface area (Å²) in [6, 6.07) is 13.9. The number of aromatic hydroxyl groups is 2. The van der Waals surface area contributed by atoms with Crippen LogP contribution in [0.2, 0.25) is 0 Å². The molecule has 1 saturated carbocycles. The Balaban J connectivity index is 1.72. The quantitative estimate of drug-likeness (QED) is 0.729. The molecule has 0 bridgehead atoms. The summed E-state index contributed by atoms with van der Waals surface area (Å²) < 4.78 is 0. The Morgan fingerprint density at radius 1 is 0.750 bits per heavy atom. The molecule has 2 aromatic carbocycles. The van der Waals surface area contributed by atoms with Crippen LogP contribution in [-0.2, 0) is 5.41 Å². The van der Waals surface area contributed by atoms with Gasteiger partial charge in [0.05, 0.1) is 0 Å². The van der Waals surface area contributed by atoms with Crippen molar-refractivity contribution in [3.8, 4) is 11.5 Å². The highest BCUT2D eigenvalue weighted by molar-refractivity contribution is 5.42. The van der Waals surface area contributed by atoms with Crippen molar-refractivity contribution in [3.05, 3.63) is 59.2 Å². The first-order valence-corrected chi connectivity index (χ1v) is 8.97. The smallest absolute Gasteiger partial charge is 0.119 e. The van der Waals surface area contributed by atoms with Crippen LogP contribution in [0.25, 0.3) is 0 Å². The van der Waals surface area contributed by atoms with Gasteiger partial charge in [0.25, 0.3) is 0 Å². The highest BCUT2D eigenvalue weighted by atomic mass is 16.3. The summed E-state index contributed by atoms with van der Waals surface area (Å²) >= 11 is 0. The Bertz CT molecular complexity index is 687. The van der Waals surface area contributed by atoms with Gasteiger partial charge in [-0.2, -0.15) is 0 Å². The largest absolute Gasteiger partial charge is 0.508 e. The molecule has 2 N–H and O–H groups in total. The fourth-order valence-electron chi connectivity index (χ4n) is 3.91. The van der Waals surface area contributed by atoms with Crippen molar-refractivity contribution in [3.63, 3.8) is 0 Å². The average Bonchev–Trinajstić information content (AvgIpc) is 2.55. The minimum Gasteiger partial charge on any atom is -0.508 e. The number of hydrogen-bond donors (Lipinski definition) is 2. The Morgan fingerprint density at radius 3 is 1.79 bits per heavy atom. The zero-order valence-corrected chi connectivity index (χ0v) is 14.9. The maximum atomic E-state index is 10.2. The van der Waals surface area contributed by atoms with Crippen molar-refractivity contribution in [1.82, 2.24) is 0 Å². The Hall–Kier alpha value is -1.96. The van der Waals surface area contributed by atoms with E-state index in [9.17, 15) is 10.2 Å². The molecule has 0 aliphatic heterocycles. The minimum atomic E-state index is -0.0384. The normalized spacial score (nSPS) is 21.6. The fourth-order valence-corrected chi connectivity index (χ4v) is 3.91. The lowest BCUT2D eigenvalue weighted by Crippen LogP contribution is -2.15. The Morgan fingerprint density at radius 2 is 1.25 bits per heavy atom. The standard InChI is InChI=1S/C22H28O2/c1-22(2,3)20-14-18(10-13-21(20)24)17-6-4-15(5-7-17)16-8-11-19(23)12-9-16/h8-15,17,23-24H,4-7H2,1-3H3/t15-,17+.